The first-order chi connectivity index (χ1) is 11.5. The summed E-state index contributed by atoms with van der Waals surface area (Å²) in [4.78, 5) is 27.6. The van der Waals surface area contributed by atoms with Gasteiger partial charge in [-0.1, -0.05) is 35.5 Å². The van der Waals surface area contributed by atoms with Crippen molar-refractivity contribution in [3.05, 3.63) is 53.3 Å². The van der Waals surface area contributed by atoms with E-state index in [-0.39, 0.29) is 33.1 Å². The molecule has 0 aliphatic carbocycles. The van der Waals surface area contributed by atoms with Gasteiger partial charge in [0.1, 0.15) is 0 Å². The highest BCUT2D eigenvalue weighted by molar-refractivity contribution is 7.99. The Morgan fingerprint density at radius 3 is 2.71 bits per heavy atom. The minimum Gasteiger partial charge on any atom is -0.452 e. The third-order valence-corrected chi connectivity index (χ3v) is 3.78. The molecule has 5 nitrogen and oxygen atoms in total. The molecule has 0 radical (unpaired) electrons. The van der Waals surface area contributed by atoms with Crippen LogP contribution in [0.2, 0.25) is 5.15 Å². The summed E-state index contributed by atoms with van der Waals surface area (Å²) in [5, 5.41) is 2.52. The molecule has 0 unspecified atom stereocenters. The first-order valence-corrected chi connectivity index (χ1v) is 7.84. The van der Waals surface area contributed by atoms with Gasteiger partial charge in [0, 0.05) is 11.1 Å². The topological polar surface area (TPSA) is 68.3 Å². The summed E-state index contributed by atoms with van der Waals surface area (Å²) in [6.45, 7) is -0.586. The minimum absolute atomic E-state index is 0.0324. The Balaban J connectivity index is 1.96. The summed E-state index contributed by atoms with van der Waals surface area (Å²) in [5.41, 5.74) is 0.240. The quantitative estimate of drug-likeness (QED) is 0.474. The van der Waals surface area contributed by atoms with Gasteiger partial charge in [0.25, 0.3) is 11.7 Å². The fourth-order valence-corrected chi connectivity index (χ4v) is 2.50. The number of amides is 1. The lowest BCUT2D eigenvalue weighted by Crippen LogP contribution is -2.21. The second-order valence-corrected chi connectivity index (χ2v) is 5.73. The van der Waals surface area contributed by atoms with Crippen LogP contribution in [0.25, 0.3) is 0 Å². The highest BCUT2D eigenvalue weighted by Gasteiger charge is 2.17. The van der Waals surface area contributed by atoms with Gasteiger partial charge in [-0.15, -0.1) is 0 Å². The van der Waals surface area contributed by atoms with Crippen LogP contribution in [0.5, 0.6) is 0 Å². The largest absolute Gasteiger partial charge is 0.452 e. The fraction of sp³-hybridized carbons (Fsp3) is 0.133. The fourth-order valence-electron chi connectivity index (χ4n) is 1.71. The normalized spacial score (nSPS) is 10.5. The molecule has 0 spiro atoms. The zero-order chi connectivity index (χ0) is 17.5. The van der Waals surface area contributed by atoms with Gasteiger partial charge >= 0.3 is 5.97 Å². The number of anilines is 1. The van der Waals surface area contributed by atoms with Crippen molar-refractivity contribution in [2.24, 2.45) is 0 Å². The molecular weight excluding hydrogens is 362 g/mol. The van der Waals surface area contributed by atoms with Crippen LogP contribution >= 0.6 is 23.4 Å². The summed E-state index contributed by atoms with van der Waals surface area (Å²) < 4.78 is 29.8. The molecule has 126 valence electrons. The number of hydrogen-bond acceptors (Lipinski definition) is 5. The van der Waals surface area contributed by atoms with E-state index in [0.717, 1.165) is 0 Å². The number of pyridine rings is 1. The number of rotatable bonds is 6. The van der Waals surface area contributed by atoms with E-state index in [1.54, 1.807) is 6.07 Å². The number of benzene rings is 1. The van der Waals surface area contributed by atoms with Crippen molar-refractivity contribution in [2.45, 2.75) is 10.7 Å². The molecule has 0 aliphatic rings. The molecule has 0 saturated carbocycles. The molecule has 0 atom stereocenters. The van der Waals surface area contributed by atoms with Crippen molar-refractivity contribution in [3.63, 3.8) is 0 Å². The molecular formula is C15H11ClF2N2O3S. The Morgan fingerprint density at radius 1 is 1.25 bits per heavy atom. The number of carbonyl (C=O) groups excluding carboxylic acids is 2. The summed E-state index contributed by atoms with van der Waals surface area (Å²) in [7, 11) is 0. The van der Waals surface area contributed by atoms with Crippen LogP contribution in [0, 0.1) is 0 Å². The molecule has 1 N–H and O–H groups in total. The van der Waals surface area contributed by atoms with Gasteiger partial charge in [-0.3, -0.25) is 4.79 Å². The number of carbonyl (C=O) groups is 2. The number of aromatic nitrogens is 1. The zero-order valence-corrected chi connectivity index (χ0v) is 13.6. The number of alkyl halides is 2. The summed E-state index contributed by atoms with van der Waals surface area (Å²) in [5.74, 6) is -4.17. The monoisotopic (exact) mass is 372 g/mol. The molecule has 0 fully saturated rings. The Bertz CT molecular complexity index is 746. The van der Waals surface area contributed by atoms with Crippen molar-refractivity contribution in [1.82, 2.24) is 4.98 Å². The van der Waals surface area contributed by atoms with Crippen LogP contribution in [-0.2, 0) is 9.53 Å². The number of esters is 1. The SMILES string of the molecule is O=C(COC(=O)c1ccccc1SC(F)F)Nc1cccnc1Cl. The Morgan fingerprint density at radius 2 is 2.00 bits per heavy atom. The number of thioether (sulfide) groups is 1. The molecule has 1 aromatic heterocycles. The number of hydrogen-bond donors (Lipinski definition) is 1. The van der Waals surface area contributed by atoms with E-state index < -0.39 is 24.2 Å². The Hall–Kier alpha value is -2.19. The second kappa shape index (κ2) is 8.60. The molecule has 2 rings (SSSR count). The molecule has 1 heterocycles. The Labute approximate surface area is 145 Å². The zero-order valence-electron chi connectivity index (χ0n) is 12.0. The van der Waals surface area contributed by atoms with Crippen molar-refractivity contribution in [2.75, 3.05) is 11.9 Å². The second-order valence-electron chi connectivity index (χ2n) is 4.34. The maximum Gasteiger partial charge on any atom is 0.339 e. The predicted molar refractivity (Wildman–Crippen MR) is 86.5 cm³/mol. The van der Waals surface area contributed by atoms with Gasteiger partial charge in [-0.25, -0.2) is 9.78 Å². The van der Waals surface area contributed by atoms with Crippen LogP contribution < -0.4 is 5.32 Å². The van der Waals surface area contributed by atoms with Gasteiger partial charge in [-0.05, 0) is 24.3 Å². The first-order valence-electron chi connectivity index (χ1n) is 6.58. The van der Waals surface area contributed by atoms with Crippen molar-refractivity contribution < 1.29 is 23.1 Å². The predicted octanol–water partition coefficient (Wildman–Crippen LogP) is 3.85. The van der Waals surface area contributed by atoms with E-state index in [1.807, 2.05) is 0 Å². The van der Waals surface area contributed by atoms with Crippen molar-refractivity contribution in [1.29, 1.82) is 0 Å². The maximum absolute atomic E-state index is 12.5. The lowest BCUT2D eigenvalue weighted by molar-refractivity contribution is -0.119. The molecule has 24 heavy (non-hydrogen) atoms. The highest BCUT2D eigenvalue weighted by atomic mass is 35.5. The molecule has 1 aromatic carbocycles. The van der Waals surface area contributed by atoms with Gasteiger partial charge in [0.2, 0.25) is 0 Å². The van der Waals surface area contributed by atoms with Crippen LogP contribution in [0.4, 0.5) is 14.5 Å². The number of nitrogens with zero attached hydrogens (tertiary/aromatic N) is 1. The van der Waals surface area contributed by atoms with Gasteiger partial charge < -0.3 is 10.1 Å². The van der Waals surface area contributed by atoms with Crippen LogP contribution in [-0.4, -0.2) is 29.2 Å². The maximum atomic E-state index is 12.5. The number of ether oxygens (including phenoxy) is 1. The van der Waals surface area contributed by atoms with Gasteiger partial charge in [0.05, 0.1) is 11.3 Å². The summed E-state index contributed by atoms with van der Waals surface area (Å²) in [6.07, 6.45) is 1.45. The van der Waals surface area contributed by atoms with Crippen LogP contribution in [0.15, 0.2) is 47.5 Å². The number of halogens is 3. The van der Waals surface area contributed by atoms with E-state index in [4.69, 9.17) is 16.3 Å². The lowest BCUT2D eigenvalue weighted by atomic mass is 10.2. The standard InChI is InChI=1S/C15H11ClF2N2O3S/c16-13-10(5-3-7-19-13)20-12(21)8-23-14(22)9-4-1-2-6-11(9)24-15(17)18/h1-7,15H,8H2,(H,20,21). The molecule has 1 amide bonds. The van der Waals surface area contributed by atoms with E-state index >= 15 is 0 Å². The van der Waals surface area contributed by atoms with Crippen LogP contribution in [0.1, 0.15) is 10.4 Å². The average Bonchev–Trinajstić information content (AvgIpc) is 2.55. The van der Waals surface area contributed by atoms with Gasteiger partial charge in [-0.2, -0.15) is 8.78 Å². The molecule has 0 aliphatic heterocycles. The van der Waals surface area contributed by atoms with E-state index in [2.05, 4.69) is 10.3 Å². The van der Waals surface area contributed by atoms with E-state index in [0.29, 0.717) is 0 Å². The number of nitrogens with one attached hydrogen (secondary N) is 1. The Kier molecular flexibility index (Phi) is 6.51. The van der Waals surface area contributed by atoms with Crippen LogP contribution in [0.3, 0.4) is 0 Å². The smallest absolute Gasteiger partial charge is 0.339 e. The third-order valence-electron chi connectivity index (χ3n) is 2.69. The third kappa shape index (κ3) is 5.17. The molecule has 0 bridgehead atoms. The lowest BCUT2D eigenvalue weighted by Gasteiger charge is -2.09. The molecule has 9 heteroatoms. The average molecular weight is 373 g/mol. The highest BCUT2D eigenvalue weighted by Crippen LogP contribution is 2.28. The van der Waals surface area contributed by atoms with Gasteiger partial charge in [0.15, 0.2) is 11.8 Å². The minimum atomic E-state index is -2.67. The van der Waals surface area contributed by atoms with E-state index in [9.17, 15) is 18.4 Å². The van der Waals surface area contributed by atoms with Crippen molar-refractivity contribution in [3.8, 4) is 0 Å². The first kappa shape index (κ1) is 18.2. The molecule has 2 aromatic rings. The molecule has 0 saturated heterocycles. The summed E-state index contributed by atoms with van der Waals surface area (Å²) >= 11 is 6.02. The van der Waals surface area contributed by atoms with Crippen molar-refractivity contribution >= 4 is 40.9 Å². The summed E-state index contributed by atoms with van der Waals surface area (Å²) in [6, 6.07) is 8.88. The van der Waals surface area contributed by atoms with E-state index in [1.165, 1.54) is 36.5 Å².